The lowest BCUT2D eigenvalue weighted by atomic mass is 9.89. The van der Waals surface area contributed by atoms with E-state index in [0.717, 1.165) is 41.1 Å². The normalized spacial score (nSPS) is 14.3. The van der Waals surface area contributed by atoms with E-state index in [9.17, 15) is 14.9 Å². The van der Waals surface area contributed by atoms with Gasteiger partial charge in [-0.25, -0.2) is 0 Å². The van der Waals surface area contributed by atoms with Crippen LogP contribution in [0.15, 0.2) is 53.4 Å². The molecule has 0 radical (unpaired) electrons. The maximum Gasteiger partial charge on any atom is 0.235 e. The van der Waals surface area contributed by atoms with E-state index < -0.39 is 0 Å². The van der Waals surface area contributed by atoms with Gasteiger partial charge in [0.15, 0.2) is 10.9 Å². The fraction of sp³-hybridized carbons (Fsp3) is 0.259. The van der Waals surface area contributed by atoms with Crippen molar-refractivity contribution < 1.29 is 9.59 Å². The lowest BCUT2D eigenvalue weighted by molar-refractivity contribution is -0.113. The molecule has 1 aliphatic carbocycles. The van der Waals surface area contributed by atoms with Crippen molar-refractivity contribution in [3.8, 4) is 6.07 Å². The summed E-state index contributed by atoms with van der Waals surface area (Å²) in [5.74, 6) is 0.726. The van der Waals surface area contributed by atoms with Gasteiger partial charge in [-0.3, -0.25) is 9.59 Å². The molecule has 0 fully saturated rings. The van der Waals surface area contributed by atoms with E-state index in [-0.39, 0.29) is 17.4 Å². The number of thiocarbonyl (C=S) groups is 1. The van der Waals surface area contributed by atoms with Gasteiger partial charge in [-0.05, 0) is 92.4 Å². The largest absolute Gasteiger partial charge is 0.332 e. The number of nitrogens with zero attached hydrogens (tertiary/aromatic N) is 1. The van der Waals surface area contributed by atoms with Crippen LogP contribution in [0, 0.1) is 17.2 Å². The van der Waals surface area contributed by atoms with E-state index in [1.54, 1.807) is 35.6 Å². The Hall–Kier alpha value is -3.19. The van der Waals surface area contributed by atoms with Crippen LogP contribution >= 0.6 is 35.3 Å². The van der Waals surface area contributed by atoms with Crippen molar-refractivity contribution in [1.82, 2.24) is 0 Å². The SMILES string of the molecule is CC(=O)c1ccc(NC(=S)Nc2cccc(SCC(=O)Nc3sc4c(c3C#N)CCC(C)C4)c2)cc1. The van der Waals surface area contributed by atoms with Gasteiger partial charge in [0, 0.05) is 26.7 Å². The molecule has 0 saturated carbocycles. The van der Waals surface area contributed by atoms with Crippen molar-refractivity contribution in [2.75, 3.05) is 21.7 Å². The first-order chi connectivity index (χ1) is 17.3. The van der Waals surface area contributed by atoms with Crippen molar-refractivity contribution in [2.24, 2.45) is 5.92 Å². The number of hydrogen-bond acceptors (Lipinski definition) is 6. The third kappa shape index (κ3) is 6.52. The van der Waals surface area contributed by atoms with Gasteiger partial charge >= 0.3 is 0 Å². The molecule has 9 heteroatoms. The zero-order chi connectivity index (χ0) is 25.7. The highest BCUT2D eigenvalue weighted by molar-refractivity contribution is 8.00. The summed E-state index contributed by atoms with van der Waals surface area (Å²) in [4.78, 5) is 26.2. The van der Waals surface area contributed by atoms with Crippen molar-refractivity contribution in [2.45, 2.75) is 38.0 Å². The van der Waals surface area contributed by atoms with Crippen molar-refractivity contribution >= 4 is 68.5 Å². The number of nitriles is 1. The van der Waals surface area contributed by atoms with Crippen LogP contribution < -0.4 is 16.0 Å². The average molecular weight is 535 g/mol. The minimum atomic E-state index is -0.132. The van der Waals surface area contributed by atoms with Gasteiger partial charge in [0.25, 0.3) is 0 Å². The molecule has 1 unspecified atom stereocenters. The first-order valence-electron chi connectivity index (χ1n) is 11.6. The number of benzene rings is 2. The van der Waals surface area contributed by atoms with E-state index in [1.165, 1.54) is 23.6 Å². The van der Waals surface area contributed by atoms with E-state index in [4.69, 9.17) is 12.2 Å². The third-order valence-corrected chi connectivity index (χ3v) is 8.26. The van der Waals surface area contributed by atoms with Crippen molar-refractivity contribution in [3.05, 3.63) is 70.1 Å². The van der Waals surface area contributed by atoms with E-state index >= 15 is 0 Å². The molecular formula is C27H26N4O2S3. The maximum atomic E-state index is 12.7. The third-order valence-electron chi connectivity index (χ3n) is 5.89. The molecule has 0 spiro atoms. The number of anilines is 3. The quantitative estimate of drug-likeness (QED) is 0.181. The first kappa shape index (κ1) is 25.9. The Balaban J connectivity index is 1.31. The number of Topliss-reactive ketones (excluding diaryl/α,β-unsaturated/α-hetero) is 1. The molecule has 1 aromatic heterocycles. The predicted octanol–water partition coefficient (Wildman–Crippen LogP) is 6.49. The molecule has 4 rings (SSSR count). The summed E-state index contributed by atoms with van der Waals surface area (Å²) in [5.41, 5.74) is 3.96. The Bertz CT molecular complexity index is 1340. The fourth-order valence-corrected chi connectivity index (χ4v) is 6.38. The Morgan fingerprint density at radius 3 is 2.61 bits per heavy atom. The maximum absolute atomic E-state index is 12.7. The van der Waals surface area contributed by atoms with Crippen LogP contribution in [0.1, 0.15) is 46.6 Å². The zero-order valence-corrected chi connectivity index (χ0v) is 22.5. The molecule has 1 atom stereocenters. The molecule has 3 N–H and O–H groups in total. The smallest absolute Gasteiger partial charge is 0.235 e. The Morgan fingerprint density at radius 1 is 1.14 bits per heavy atom. The summed E-state index contributed by atoms with van der Waals surface area (Å²) in [7, 11) is 0. The molecule has 36 heavy (non-hydrogen) atoms. The summed E-state index contributed by atoms with van der Waals surface area (Å²) in [6.07, 6.45) is 2.96. The summed E-state index contributed by atoms with van der Waals surface area (Å²) < 4.78 is 0. The number of ketones is 1. The average Bonchev–Trinajstić information content (AvgIpc) is 3.19. The number of thiophene rings is 1. The molecule has 0 bridgehead atoms. The highest BCUT2D eigenvalue weighted by Gasteiger charge is 2.24. The topological polar surface area (TPSA) is 94.0 Å². The second-order valence-electron chi connectivity index (χ2n) is 8.75. The first-order valence-corrected chi connectivity index (χ1v) is 13.8. The number of fused-ring (bicyclic) bond motifs is 1. The number of rotatable bonds is 7. The Labute approximate surface area is 224 Å². The monoisotopic (exact) mass is 534 g/mol. The van der Waals surface area contributed by atoms with E-state index in [0.29, 0.717) is 27.2 Å². The highest BCUT2D eigenvalue weighted by atomic mass is 32.2. The van der Waals surface area contributed by atoms with Crippen LogP contribution in [0.25, 0.3) is 0 Å². The van der Waals surface area contributed by atoms with Gasteiger partial charge in [0.1, 0.15) is 11.1 Å². The number of carbonyl (C=O) groups is 2. The molecule has 2 aromatic carbocycles. The van der Waals surface area contributed by atoms with Crippen LogP contribution in [0.2, 0.25) is 0 Å². The van der Waals surface area contributed by atoms with Crippen LogP contribution in [0.5, 0.6) is 0 Å². The lowest BCUT2D eigenvalue weighted by Gasteiger charge is -2.17. The van der Waals surface area contributed by atoms with Crippen LogP contribution in [-0.4, -0.2) is 22.6 Å². The second-order valence-corrected chi connectivity index (χ2v) is 11.3. The number of amides is 1. The number of thioether (sulfide) groups is 1. The number of carbonyl (C=O) groups excluding carboxylic acids is 2. The summed E-state index contributed by atoms with van der Waals surface area (Å²) in [6, 6.07) is 17.1. The molecule has 184 valence electrons. The molecule has 0 aliphatic heterocycles. The molecule has 6 nitrogen and oxygen atoms in total. The van der Waals surface area contributed by atoms with Crippen LogP contribution in [0.3, 0.4) is 0 Å². The second kappa shape index (κ2) is 11.7. The molecule has 1 aliphatic rings. The van der Waals surface area contributed by atoms with Crippen LogP contribution in [0.4, 0.5) is 16.4 Å². The lowest BCUT2D eigenvalue weighted by Crippen LogP contribution is -2.19. The van der Waals surface area contributed by atoms with Gasteiger partial charge in [0.2, 0.25) is 5.91 Å². The zero-order valence-electron chi connectivity index (χ0n) is 20.0. The molecular weight excluding hydrogens is 509 g/mol. The molecule has 1 heterocycles. The predicted molar refractivity (Wildman–Crippen MR) is 152 cm³/mol. The Morgan fingerprint density at radius 2 is 1.89 bits per heavy atom. The summed E-state index contributed by atoms with van der Waals surface area (Å²) in [6.45, 7) is 3.75. The van der Waals surface area contributed by atoms with Gasteiger partial charge in [-0.1, -0.05) is 13.0 Å². The Kier molecular flexibility index (Phi) is 8.41. The molecule has 3 aromatic rings. The van der Waals surface area contributed by atoms with Crippen molar-refractivity contribution in [1.29, 1.82) is 5.26 Å². The summed E-state index contributed by atoms with van der Waals surface area (Å²) in [5, 5.41) is 19.9. The number of hydrogen-bond donors (Lipinski definition) is 3. The highest BCUT2D eigenvalue weighted by Crippen LogP contribution is 2.39. The minimum Gasteiger partial charge on any atom is -0.332 e. The van der Waals surface area contributed by atoms with Crippen LogP contribution in [-0.2, 0) is 17.6 Å². The summed E-state index contributed by atoms with van der Waals surface area (Å²) >= 11 is 8.37. The van der Waals surface area contributed by atoms with Gasteiger partial charge < -0.3 is 16.0 Å². The number of nitrogens with one attached hydrogen (secondary N) is 3. The molecule has 1 amide bonds. The van der Waals surface area contributed by atoms with Gasteiger partial charge in [-0.15, -0.1) is 23.1 Å². The van der Waals surface area contributed by atoms with E-state index in [1.807, 2.05) is 24.3 Å². The minimum absolute atomic E-state index is 0.0138. The molecule has 0 saturated heterocycles. The van der Waals surface area contributed by atoms with Gasteiger partial charge in [0.05, 0.1) is 11.3 Å². The standard InChI is InChI=1S/C27H26N4O2S3/c1-16-6-11-22-23(14-28)26(36-24(22)12-16)31-25(33)15-35-21-5-3-4-20(13-21)30-27(34)29-19-9-7-18(8-10-19)17(2)32/h3-5,7-10,13,16H,6,11-12,15H2,1-2H3,(H,31,33)(H2,29,30,34). The fourth-order valence-electron chi connectivity index (χ4n) is 4.01. The van der Waals surface area contributed by atoms with Gasteiger partial charge in [-0.2, -0.15) is 5.26 Å². The van der Waals surface area contributed by atoms with E-state index in [2.05, 4.69) is 28.9 Å². The van der Waals surface area contributed by atoms with Crippen molar-refractivity contribution in [3.63, 3.8) is 0 Å².